The molecule has 0 saturated heterocycles. The molecule has 9 nitrogen and oxygen atoms in total. The highest BCUT2D eigenvalue weighted by Gasteiger charge is 2.29. The largest absolute Gasteiger partial charge is 0.472 e. The molecule has 0 aliphatic carbocycles. The van der Waals surface area contributed by atoms with Crippen LogP contribution in [0.25, 0.3) is 0 Å². The Labute approximate surface area is 332 Å². The van der Waals surface area contributed by atoms with Crippen LogP contribution in [0.15, 0.2) is 24.3 Å². The number of quaternary nitrogens is 1. The number of rotatable bonds is 40. The molecule has 318 valence electrons. The quantitative estimate of drug-likeness (QED) is 0.0215. The van der Waals surface area contributed by atoms with E-state index in [0.29, 0.717) is 11.0 Å². The first-order chi connectivity index (χ1) is 26.0. The van der Waals surface area contributed by atoms with Gasteiger partial charge in [-0.15, -0.1) is 0 Å². The zero-order chi connectivity index (χ0) is 40.0. The van der Waals surface area contributed by atoms with Gasteiger partial charge in [-0.25, -0.2) is 4.57 Å². The van der Waals surface area contributed by atoms with Crippen molar-refractivity contribution < 1.29 is 42.1 Å². The van der Waals surface area contributed by atoms with Gasteiger partial charge < -0.3 is 18.9 Å². The lowest BCUT2D eigenvalue weighted by atomic mass is 10.1. The van der Waals surface area contributed by atoms with Gasteiger partial charge in [0.1, 0.15) is 32.5 Å². The fourth-order valence-corrected chi connectivity index (χ4v) is 6.83. The second-order valence-corrected chi connectivity index (χ2v) is 17.5. The summed E-state index contributed by atoms with van der Waals surface area (Å²) in [6.45, 7) is 4.41. The van der Waals surface area contributed by atoms with Crippen molar-refractivity contribution >= 4 is 19.8 Å². The highest BCUT2D eigenvalue weighted by molar-refractivity contribution is 7.47. The molecule has 10 heteroatoms. The third-order valence-electron chi connectivity index (χ3n) is 9.44. The summed E-state index contributed by atoms with van der Waals surface area (Å²) in [7, 11) is 1.37. The highest BCUT2D eigenvalue weighted by Crippen LogP contribution is 2.44. The maximum Gasteiger partial charge on any atom is 0.472 e. The lowest BCUT2D eigenvalue weighted by Crippen LogP contribution is -2.37. The molecule has 0 heterocycles. The van der Waals surface area contributed by atoms with Crippen LogP contribution in [0, 0.1) is 0 Å². The summed E-state index contributed by atoms with van der Waals surface area (Å²) >= 11 is 0. The maximum atomic E-state index is 12.7. The SMILES string of the molecule is CCCCCCCC/C=C\CCCCCCCC(=O)OCC(COC(=O)CCCCCCC/C=C\CCCCCCCC)OP(=O)(O)OCC[N+](C)(C)C. The average Bonchev–Trinajstić information content (AvgIpc) is 3.12. The lowest BCUT2D eigenvalue weighted by molar-refractivity contribution is -0.870. The van der Waals surface area contributed by atoms with Crippen LogP contribution in [0.4, 0.5) is 0 Å². The number of carbonyl (C=O) groups is 2. The normalized spacial score (nSPS) is 13.3. The van der Waals surface area contributed by atoms with Crippen molar-refractivity contribution in [2.75, 3.05) is 47.5 Å². The Morgan fingerprint density at radius 2 is 0.889 bits per heavy atom. The van der Waals surface area contributed by atoms with Gasteiger partial charge in [0.25, 0.3) is 0 Å². The van der Waals surface area contributed by atoms with E-state index in [4.69, 9.17) is 18.5 Å². The van der Waals surface area contributed by atoms with Gasteiger partial charge in [0, 0.05) is 12.8 Å². The summed E-state index contributed by atoms with van der Waals surface area (Å²) in [6.07, 6.45) is 39.2. The molecule has 1 N–H and O–H groups in total. The molecule has 54 heavy (non-hydrogen) atoms. The maximum absolute atomic E-state index is 12.7. The van der Waals surface area contributed by atoms with Crippen molar-refractivity contribution in [1.82, 2.24) is 0 Å². The van der Waals surface area contributed by atoms with E-state index in [0.717, 1.165) is 77.0 Å². The molecule has 0 rings (SSSR count). The minimum Gasteiger partial charge on any atom is -0.463 e. The first-order valence-electron chi connectivity index (χ1n) is 22.1. The molecule has 0 radical (unpaired) electrons. The van der Waals surface area contributed by atoms with Gasteiger partial charge in [0.05, 0.1) is 21.1 Å². The monoisotopic (exact) mass is 787 g/mol. The smallest absolute Gasteiger partial charge is 0.463 e. The molecule has 0 aromatic heterocycles. The van der Waals surface area contributed by atoms with E-state index in [-0.39, 0.29) is 32.7 Å². The Morgan fingerprint density at radius 1 is 0.556 bits per heavy atom. The molecule has 1 unspecified atom stereocenters. The van der Waals surface area contributed by atoms with Crippen LogP contribution in [0.5, 0.6) is 0 Å². The van der Waals surface area contributed by atoms with E-state index in [1.165, 1.54) is 89.9 Å². The van der Waals surface area contributed by atoms with E-state index in [1.54, 1.807) is 0 Å². The number of nitrogens with zero attached hydrogens (tertiary/aromatic N) is 1. The predicted octanol–water partition coefficient (Wildman–Crippen LogP) is 12.4. The number of allylic oxidation sites excluding steroid dienone is 4. The zero-order valence-electron chi connectivity index (χ0n) is 35.7. The number of ether oxygens (including phenoxy) is 2. The van der Waals surface area contributed by atoms with Crippen molar-refractivity contribution in [3.63, 3.8) is 0 Å². The molecule has 0 amide bonds. The summed E-state index contributed by atoms with van der Waals surface area (Å²) in [6, 6.07) is 0. The Bertz CT molecular complexity index is 924. The first-order valence-corrected chi connectivity index (χ1v) is 23.6. The molecule has 0 aromatic rings. The van der Waals surface area contributed by atoms with Crippen LogP contribution < -0.4 is 0 Å². The summed E-state index contributed by atoms with van der Waals surface area (Å²) in [5.74, 6) is -0.806. The highest BCUT2D eigenvalue weighted by atomic mass is 31.2. The van der Waals surface area contributed by atoms with Crippen LogP contribution >= 0.6 is 7.82 Å². The number of phosphoric acid groups is 1. The Hall–Kier alpha value is -1.51. The van der Waals surface area contributed by atoms with Gasteiger partial charge in [-0.3, -0.25) is 18.6 Å². The molecule has 0 aliphatic rings. The van der Waals surface area contributed by atoms with Gasteiger partial charge in [0.2, 0.25) is 0 Å². The lowest BCUT2D eigenvalue weighted by Gasteiger charge is -2.25. The molecule has 0 aliphatic heterocycles. The summed E-state index contributed by atoms with van der Waals surface area (Å²) in [4.78, 5) is 35.3. The van der Waals surface area contributed by atoms with Gasteiger partial charge in [-0.1, -0.05) is 141 Å². The number of likely N-dealkylation sites (N-methyl/N-ethyl adjacent to an activating group) is 1. The van der Waals surface area contributed by atoms with E-state index in [1.807, 2.05) is 21.1 Å². The molecular formula is C44H85NO8P+. The summed E-state index contributed by atoms with van der Waals surface area (Å²) in [5, 5.41) is 0. The second-order valence-electron chi connectivity index (χ2n) is 16.1. The van der Waals surface area contributed by atoms with Crippen LogP contribution in [0.1, 0.15) is 194 Å². The number of esters is 2. The Balaban J connectivity index is 4.34. The van der Waals surface area contributed by atoms with E-state index >= 15 is 0 Å². The minimum absolute atomic E-state index is 0.00847. The molecule has 0 saturated carbocycles. The van der Waals surface area contributed by atoms with Gasteiger partial charge >= 0.3 is 19.8 Å². The summed E-state index contributed by atoms with van der Waals surface area (Å²) in [5.41, 5.74) is 0. The van der Waals surface area contributed by atoms with Crippen LogP contribution in [-0.2, 0) is 32.7 Å². The molecule has 1 atom stereocenters. The van der Waals surface area contributed by atoms with Gasteiger partial charge in [0.15, 0.2) is 0 Å². The Kier molecular flexibility index (Phi) is 36.1. The number of unbranched alkanes of at least 4 members (excludes halogenated alkanes) is 22. The topological polar surface area (TPSA) is 108 Å². The fourth-order valence-electron chi connectivity index (χ4n) is 5.95. The number of hydrogen-bond donors (Lipinski definition) is 1. The Morgan fingerprint density at radius 3 is 1.24 bits per heavy atom. The first kappa shape index (κ1) is 52.5. The predicted molar refractivity (Wildman–Crippen MR) is 224 cm³/mol. The summed E-state index contributed by atoms with van der Waals surface area (Å²) < 4.78 is 34.5. The standard InChI is InChI=1S/C44H84NO8P/c1-6-8-10-12-14-16-18-20-22-24-26-28-30-32-34-36-43(46)50-40-42(53-54(48,49)52-39-38-45(3,4)5)41-51-44(47)37-35-33-31-29-27-25-23-21-19-17-15-13-11-9-7-2/h20-23,42H,6-19,24-41H2,1-5H3/p+1/b22-20-,23-21-. The van der Waals surface area contributed by atoms with Crippen LogP contribution in [0.3, 0.4) is 0 Å². The van der Waals surface area contributed by atoms with E-state index < -0.39 is 25.9 Å². The van der Waals surface area contributed by atoms with Crippen LogP contribution in [0.2, 0.25) is 0 Å². The zero-order valence-corrected chi connectivity index (χ0v) is 36.6. The van der Waals surface area contributed by atoms with Gasteiger partial charge in [-0.05, 0) is 64.2 Å². The average molecular weight is 787 g/mol. The molecule has 0 fully saturated rings. The van der Waals surface area contributed by atoms with Crippen molar-refractivity contribution in [1.29, 1.82) is 0 Å². The van der Waals surface area contributed by atoms with Crippen molar-refractivity contribution in [3.05, 3.63) is 24.3 Å². The molecule has 0 bridgehead atoms. The number of hydrogen-bond acceptors (Lipinski definition) is 7. The second kappa shape index (κ2) is 37.1. The minimum atomic E-state index is -4.46. The van der Waals surface area contributed by atoms with E-state index in [2.05, 4.69) is 38.2 Å². The third-order valence-corrected chi connectivity index (χ3v) is 10.5. The van der Waals surface area contributed by atoms with Crippen molar-refractivity contribution in [3.8, 4) is 0 Å². The van der Waals surface area contributed by atoms with Crippen molar-refractivity contribution in [2.45, 2.75) is 200 Å². The molecular weight excluding hydrogens is 701 g/mol. The van der Waals surface area contributed by atoms with E-state index in [9.17, 15) is 19.0 Å². The number of carbonyl (C=O) groups excluding carboxylic acids is 2. The van der Waals surface area contributed by atoms with Gasteiger partial charge in [-0.2, -0.15) is 0 Å². The third kappa shape index (κ3) is 40.2. The molecule has 0 spiro atoms. The molecule has 0 aromatic carbocycles. The fraction of sp³-hybridized carbons (Fsp3) is 0.864. The van der Waals surface area contributed by atoms with Crippen LogP contribution in [-0.4, -0.2) is 74.9 Å². The number of phosphoric ester groups is 1. The van der Waals surface area contributed by atoms with Crippen molar-refractivity contribution in [2.24, 2.45) is 0 Å².